The van der Waals surface area contributed by atoms with E-state index in [-0.39, 0.29) is 0 Å². The molecule has 1 rings (SSSR count). The van der Waals surface area contributed by atoms with Gasteiger partial charge in [0, 0.05) is 11.7 Å². The van der Waals surface area contributed by atoms with Gasteiger partial charge in [-0.15, -0.1) is 0 Å². The third kappa shape index (κ3) is 2.61. The van der Waals surface area contributed by atoms with E-state index in [1.54, 1.807) is 0 Å². The quantitative estimate of drug-likeness (QED) is 0.615. The standard InChI is InChI=1S/C8H18NOP/c1-7-6-8(4-5-9-7)11(2,3)10/h7-9H,4-6H2,1-3H3. The average molecular weight is 175 g/mol. The maximum Gasteiger partial charge on any atom is 0.0849 e. The van der Waals surface area contributed by atoms with Gasteiger partial charge in [-0.3, -0.25) is 0 Å². The molecule has 0 bridgehead atoms. The largest absolute Gasteiger partial charge is 0.324 e. The van der Waals surface area contributed by atoms with E-state index in [0.717, 1.165) is 19.4 Å². The number of piperidine rings is 1. The van der Waals surface area contributed by atoms with E-state index in [4.69, 9.17) is 0 Å². The van der Waals surface area contributed by atoms with Gasteiger partial charge >= 0.3 is 0 Å². The SMILES string of the molecule is CC1CC(P(C)(C)=O)CCN1. The van der Waals surface area contributed by atoms with Gasteiger partial charge in [-0.1, -0.05) is 0 Å². The van der Waals surface area contributed by atoms with Crippen molar-refractivity contribution in [2.24, 2.45) is 0 Å². The molecule has 11 heavy (non-hydrogen) atoms. The normalized spacial score (nSPS) is 33.7. The van der Waals surface area contributed by atoms with Crippen LogP contribution in [-0.4, -0.2) is 31.6 Å². The highest BCUT2D eigenvalue weighted by Gasteiger charge is 2.27. The first-order valence-electron chi connectivity index (χ1n) is 4.28. The molecule has 0 aromatic carbocycles. The predicted molar refractivity (Wildman–Crippen MR) is 49.9 cm³/mol. The molecule has 0 saturated carbocycles. The van der Waals surface area contributed by atoms with Crippen LogP contribution in [-0.2, 0) is 4.57 Å². The first kappa shape index (κ1) is 9.28. The van der Waals surface area contributed by atoms with Crippen molar-refractivity contribution < 1.29 is 4.57 Å². The fourth-order valence-corrected chi connectivity index (χ4v) is 3.25. The molecule has 2 atom stereocenters. The van der Waals surface area contributed by atoms with Crippen molar-refractivity contribution >= 4 is 7.14 Å². The summed E-state index contributed by atoms with van der Waals surface area (Å²) in [4.78, 5) is 0. The Morgan fingerprint density at radius 1 is 1.45 bits per heavy atom. The summed E-state index contributed by atoms with van der Waals surface area (Å²) in [5.41, 5.74) is 0.471. The van der Waals surface area contributed by atoms with Gasteiger partial charge in [-0.05, 0) is 39.6 Å². The van der Waals surface area contributed by atoms with Crippen molar-refractivity contribution in [3.8, 4) is 0 Å². The fourth-order valence-electron chi connectivity index (χ4n) is 1.67. The molecule has 0 spiro atoms. The molecule has 0 aliphatic carbocycles. The molecule has 0 aromatic heterocycles. The van der Waals surface area contributed by atoms with Crippen LogP contribution in [0.5, 0.6) is 0 Å². The molecule has 2 nitrogen and oxygen atoms in total. The topological polar surface area (TPSA) is 29.1 Å². The summed E-state index contributed by atoms with van der Waals surface area (Å²) in [6.45, 7) is 7.03. The van der Waals surface area contributed by atoms with Crippen molar-refractivity contribution in [3.05, 3.63) is 0 Å². The van der Waals surface area contributed by atoms with Gasteiger partial charge in [0.25, 0.3) is 0 Å². The number of rotatable bonds is 1. The van der Waals surface area contributed by atoms with Crippen LogP contribution >= 0.6 is 7.14 Å². The number of hydrogen-bond donors (Lipinski definition) is 1. The highest BCUT2D eigenvalue weighted by atomic mass is 31.2. The Labute approximate surface area is 69.1 Å². The summed E-state index contributed by atoms with van der Waals surface area (Å²) >= 11 is 0. The van der Waals surface area contributed by atoms with Crippen LogP contribution in [0, 0.1) is 0 Å². The van der Waals surface area contributed by atoms with E-state index in [1.807, 2.05) is 13.3 Å². The fraction of sp³-hybridized carbons (Fsp3) is 1.00. The molecule has 0 aromatic rings. The lowest BCUT2D eigenvalue weighted by Crippen LogP contribution is -2.37. The van der Waals surface area contributed by atoms with Gasteiger partial charge in [0.15, 0.2) is 0 Å². The highest BCUT2D eigenvalue weighted by molar-refractivity contribution is 7.63. The summed E-state index contributed by atoms with van der Waals surface area (Å²) in [6.07, 6.45) is 2.18. The highest BCUT2D eigenvalue weighted by Crippen LogP contribution is 2.46. The summed E-state index contributed by atoms with van der Waals surface area (Å²) in [6, 6.07) is 0.557. The minimum Gasteiger partial charge on any atom is -0.324 e. The van der Waals surface area contributed by atoms with Crippen LogP contribution in [0.15, 0.2) is 0 Å². The monoisotopic (exact) mass is 175 g/mol. The maximum absolute atomic E-state index is 11.7. The Balaban J connectivity index is 2.53. The molecule has 1 heterocycles. The third-order valence-corrected chi connectivity index (χ3v) is 4.70. The zero-order valence-corrected chi connectivity index (χ0v) is 8.53. The van der Waals surface area contributed by atoms with Gasteiger partial charge in [0.05, 0.1) is 7.14 Å². The third-order valence-electron chi connectivity index (χ3n) is 2.48. The Bertz CT molecular complexity index is 175. The first-order valence-corrected chi connectivity index (χ1v) is 6.95. The minimum absolute atomic E-state index is 0.471. The molecule has 0 radical (unpaired) electrons. The van der Waals surface area contributed by atoms with Crippen molar-refractivity contribution in [2.75, 3.05) is 19.9 Å². The van der Waals surface area contributed by atoms with E-state index in [2.05, 4.69) is 12.2 Å². The second-order valence-corrected chi connectivity index (χ2v) is 7.57. The van der Waals surface area contributed by atoms with Crippen LogP contribution in [0.25, 0.3) is 0 Å². The molecule has 0 amide bonds. The average Bonchev–Trinajstić information content (AvgIpc) is 1.86. The molecule has 1 aliphatic rings. The smallest absolute Gasteiger partial charge is 0.0849 e. The molecule has 1 N–H and O–H groups in total. The molecule has 1 fully saturated rings. The predicted octanol–water partition coefficient (Wildman–Crippen LogP) is 1.75. The lowest BCUT2D eigenvalue weighted by Gasteiger charge is -2.30. The Kier molecular flexibility index (Phi) is 2.77. The van der Waals surface area contributed by atoms with E-state index in [1.165, 1.54) is 0 Å². The lowest BCUT2D eigenvalue weighted by atomic mass is 10.1. The second-order valence-electron chi connectivity index (χ2n) is 3.97. The van der Waals surface area contributed by atoms with Gasteiger partial charge in [-0.2, -0.15) is 0 Å². The van der Waals surface area contributed by atoms with Gasteiger partial charge in [0.1, 0.15) is 0 Å². The Morgan fingerprint density at radius 2 is 2.09 bits per heavy atom. The second kappa shape index (κ2) is 3.28. The Hall–Kier alpha value is 0.190. The summed E-state index contributed by atoms with van der Waals surface area (Å²) in [7, 11) is -1.82. The molecular formula is C8H18NOP. The molecule has 1 saturated heterocycles. The molecule has 2 unspecified atom stereocenters. The number of nitrogens with one attached hydrogen (secondary N) is 1. The first-order chi connectivity index (χ1) is 5.00. The lowest BCUT2D eigenvalue weighted by molar-refractivity contribution is 0.420. The zero-order chi connectivity index (χ0) is 8.48. The van der Waals surface area contributed by atoms with Crippen molar-refractivity contribution in [2.45, 2.75) is 31.5 Å². The van der Waals surface area contributed by atoms with E-state index < -0.39 is 7.14 Å². The molecule has 66 valence electrons. The number of hydrogen-bond acceptors (Lipinski definition) is 2. The van der Waals surface area contributed by atoms with Crippen molar-refractivity contribution in [3.63, 3.8) is 0 Å². The van der Waals surface area contributed by atoms with Crippen LogP contribution in [0.3, 0.4) is 0 Å². The molecular weight excluding hydrogens is 157 g/mol. The maximum atomic E-state index is 11.7. The van der Waals surface area contributed by atoms with Gasteiger partial charge in [0.2, 0.25) is 0 Å². The zero-order valence-electron chi connectivity index (χ0n) is 7.63. The van der Waals surface area contributed by atoms with Crippen LogP contribution in [0.4, 0.5) is 0 Å². The Morgan fingerprint density at radius 3 is 2.45 bits per heavy atom. The van der Waals surface area contributed by atoms with E-state index >= 15 is 0 Å². The van der Waals surface area contributed by atoms with E-state index in [0.29, 0.717) is 11.7 Å². The van der Waals surface area contributed by atoms with Crippen molar-refractivity contribution in [1.82, 2.24) is 5.32 Å². The van der Waals surface area contributed by atoms with E-state index in [9.17, 15) is 4.57 Å². The van der Waals surface area contributed by atoms with Crippen LogP contribution < -0.4 is 5.32 Å². The summed E-state index contributed by atoms with van der Waals surface area (Å²) in [5.74, 6) is 0. The molecule has 1 aliphatic heterocycles. The van der Waals surface area contributed by atoms with Crippen LogP contribution in [0.2, 0.25) is 0 Å². The van der Waals surface area contributed by atoms with Crippen molar-refractivity contribution in [1.29, 1.82) is 0 Å². The van der Waals surface area contributed by atoms with Gasteiger partial charge < -0.3 is 9.88 Å². The summed E-state index contributed by atoms with van der Waals surface area (Å²) in [5, 5.41) is 3.36. The minimum atomic E-state index is -1.82. The van der Waals surface area contributed by atoms with Gasteiger partial charge in [-0.25, -0.2) is 0 Å². The van der Waals surface area contributed by atoms with Crippen LogP contribution in [0.1, 0.15) is 19.8 Å². The summed E-state index contributed by atoms with van der Waals surface area (Å²) < 4.78 is 11.7. The molecule has 3 heteroatoms.